The molecule has 3 aromatic carbocycles. The standard InChI is InChI=1S/C25H24Cl2N2O3S/c26-20-10-8-19(22(27)13-20)15-33(31,32)29-12-2-4-18(14-29)25(30)28-23-11-9-17-7-6-16-3-1-5-21(23)24(16)17/h1,3,5,8-11,13,18H,2,4,6-7,12,14-15H2,(H,28,30). The maximum Gasteiger partial charge on any atom is 0.228 e. The minimum Gasteiger partial charge on any atom is -0.325 e. The Morgan fingerprint density at radius 2 is 1.85 bits per heavy atom. The van der Waals surface area contributed by atoms with Crippen molar-refractivity contribution in [2.45, 2.75) is 31.4 Å². The van der Waals surface area contributed by atoms with E-state index in [0.29, 0.717) is 35.0 Å². The van der Waals surface area contributed by atoms with Crippen LogP contribution in [0.25, 0.3) is 10.8 Å². The first-order valence-electron chi connectivity index (χ1n) is 11.1. The molecule has 1 saturated heterocycles. The Morgan fingerprint density at radius 1 is 1.06 bits per heavy atom. The Kier molecular flexibility index (Phi) is 6.12. The highest BCUT2D eigenvalue weighted by Crippen LogP contribution is 2.35. The van der Waals surface area contributed by atoms with Crippen LogP contribution in [0.2, 0.25) is 10.0 Å². The van der Waals surface area contributed by atoms with Gasteiger partial charge in [-0.2, -0.15) is 0 Å². The molecule has 1 heterocycles. The topological polar surface area (TPSA) is 66.5 Å². The normalized spacial score (nSPS) is 18.5. The molecule has 1 aliphatic heterocycles. The van der Waals surface area contributed by atoms with Crippen molar-refractivity contribution >= 4 is 55.6 Å². The number of sulfonamides is 1. The van der Waals surface area contributed by atoms with Crippen molar-refractivity contribution in [2.75, 3.05) is 18.4 Å². The lowest BCUT2D eigenvalue weighted by Gasteiger charge is -2.31. The third-order valence-corrected chi connectivity index (χ3v) is 9.02. The van der Waals surface area contributed by atoms with Gasteiger partial charge in [0.15, 0.2) is 0 Å². The first kappa shape index (κ1) is 22.7. The summed E-state index contributed by atoms with van der Waals surface area (Å²) in [6.07, 6.45) is 3.34. The largest absolute Gasteiger partial charge is 0.325 e. The number of hydrogen-bond donors (Lipinski definition) is 1. The van der Waals surface area contributed by atoms with Crippen LogP contribution in [-0.2, 0) is 33.4 Å². The summed E-state index contributed by atoms with van der Waals surface area (Å²) in [5.74, 6) is -0.762. The highest BCUT2D eigenvalue weighted by Gasteiger charge is 2.33. The van der Waals surface area contributed by atoms with Crippen LogP contribution in [0.1, 0.15) is 29.5 Å². The van der Waals surface area contributed by atoms with Gasteiger partial charge in [-0.1, -0.05) is 53.5 Å². The third kappa shape index (κ3) is 4.50. The summed E-state index contributed by atoms with van der Waals surface area (Å²) >= 11 is 12.1. The summed E-state index contributed by atoms with van der Waals surface area (Å²) < 4.78 is 27.6. The summed E-state index contributed by atoms with van der Waals surface area (Å²) in [6.45, 7) is 0.568. The molecule has 0 spiro atoms. The number of anilines is 1. The van der Waals surface area contributed by atoms with Gasteiger partial charge in [-0.15, -0.1) is 0 Å². The van der Waals surface area contributed by atoms with Crippen molar-refractivity contribution < 1.29 is 13.2 Å². The molecule has 0 radical (unpaired) electrons. The molecule has 5 rings (SSSR count). The van der Waals surface area contributed by atoms with Gasteiger partial charge >= 0.3 is 0 Å². The molecule has 8 heteroatoms. The molecule has 5 nitrogen and oxygen atoms in total. The summed E-state index contributed by atoms with van der Waals surface area (Å²) in [5, 5.41) is 6.15. The number of rotatable bonds is 5. The number of halogens is 2. The lowest BCUT2D eigenvalue weighted by atomic mass is 9.98. The number of carbonyl (C=O) groups excluding carboxylic acids is 1. The Hall–Kier alpha value is -2.12. The van der Waals surface area contributed by atoms with Gasteiger partial charge in [-0.05, 0) is 66.0 Å². The molecule has 1 unspecified atom stereocenters. The zero-order valence-electron chi connectivity index (χ0n) is 18.0. The predicted molar refractivity (Wildman–Crippen MR) is 133 cm³/mol. The molecule has 2 aliphatic rings. The number of nitrogens with one attached hydrogen (secondary N) is 1. The monoisotopic (exact) mass is 502 g/mol. The average Bonchev–Trinajstić information content (AvgIpc) is 3.22. The second kappa shape index (κ2) is 8.91. The van der Waals surface area contributed by atoms with Gasteiger partial charge in [-0.3, -0.25) is 4.79 Å². The SMILES string of the molecule is O=C(Nc1ccc2c3c(cccc13)CC2)C1CCCN(S(=O)(=O)Cc2ccc(Cl)cc2Cl)C1. The van der Waals surface area contributed by atoms with Gasteiger partial charge in [0.05, 0.1) is 11.7 Å². The number of benzene rings is 3. The highest BCUT2D eigenvalue weighted by molar-refractivity contribution is 7.88. The molecule has 0 saturated carbocycles. The summed E-state index contributed by atoms with van der Waals surface area (Å²) in [6, 6.07) is 15.1. The maximum atomic E-state index is 13.2. The van der Waals surface area contributed by atoms with Crippen LogP contribution < -0.4 is 5.32 Å². The third-order valence-electron chi connectivity index (χ3n) is 6.64. The zero-order chi connectivity index (χ0) is 23.2. The number of hydrogen-bond acceptors (Lipinski definition) is 3. The second-order valence-electron chi connectivity index (χ2n) is 8.79. The Morgan fingerprint density at radius 3 is 2.64 bits per heavy atom. The molecule has 33 heavy (non-hydrogen) atoms. The van der Waals surface area contributed by atoms with Crippen molar-refractivity contribution in [1.29, 1.82) is 0 Å². The van der Waals surface area contributed by atoms with Gasteiger partial charge in [0.2, 0.25) is 15.9 Å². The Balaban J connectivity index is 1.32. The van der Waals surface area contributed by atoms with Crippen LogP contribution in [-0.4, -0.2) is 31.7 Å². The average molecular weight is 503 g/mol. The van der Waals surface area contributed by atoms with E-state index in [0.717, 1.165) is 23.9 Å². The van der Waals surface area contributed by atoms with E-state index in [1.54, 1.807) is 18.2 Å². The molecule has 1 atom stereocenters. The molecule has 1 N–H and O–H groups in total. The minimum atomic E-state index is -3.62. The summed E-state index contributed by atoms with van der Waals surface area (Å²) in [4.78, 5) is 13.2. The number of amides is 1. The number of nitrogens with zero attached hydrogens (tertiary/aromatic N) is 1. The lowest BCUT2D eigenvalue weighted by Crippen LogP contribution is -2.44. The molecule has 1 aliphatic carbocycles. The van der Waals surface area contributed by atoms with E-state index in [1.807, 2.05) is 18.2 Å². The Bertz CT molecular complexity index is 1350. The lowest BCUT2D eigenvalue weighted by molar-refractivity contribution is -0.120. The van der Waals surface area contributed by atoms with Crippen LogP contribution in [0.15, 0.2) is 48.5 Å². The fraction of sp³-hybridized carbons (Fsp3) is 0.320. The molecular weight excluding hydrogens is 479 g/mol. The van der Waals surface area contributed by atoms with Gasteiger partial charge in [0.1, 0.15) is 0 Å². The van der Waals surface area contributed by atoms with Crippen molar-refractivity contribution in [3.05, 3.63) is 75.3 Å². The first-order valence-corrected chi connectivity index (χ1v) is 13.4. The smallest absolute Gasteiger partial charge is 0.228 e. The second-order valence-corrected chi connectivity index (χ2v) is 11.6. The molecule has 0 aromatic heterocycles. The number of carbonyl (C=O) groups is 1. The number of aryl methyl sites for hydroxylation is 2. The predicted octanol–water partition coefficient (Wildman–Crippen LogP) is 5.43. The van der Waals surface area contributed by atoms with E-state index in [4.69, 9.17) is 23.2 Å². The van der Waals surface area contributed by atoms with E-state index in [9.17, 15) is 13.2 Å². The van der Waals surface area contributed by atoms with Gasteiger partial charge in [0, 0.05) is 34.2 Å². The van der Waals surface area contributed by atoms with Gasteiger partial charge in [0.25, 0.3) is 0 Å². The van der Waals surface area contributed by atoms with E-state index in [1.165, 1.54) is 20.8 Å². The molecule has 0 bridgehead atoms. The van der Waals surface area contributed by atoms with Crippen molar-refractivity contribution in [3.8, 4) is 0 Å². The van der Waals surface area contributed by atoms with E-state index < -0.39 is 15.9 Å². The molecular formula is C25H24Cl2N2O3S. The van der Waals surface area contributed by atoms with Gasteiger partial charge < -0.3 is 5.32 Å². The van der Waals surface area contributed by atoms with E-state index in [2.05, 4.69) is 17.4 Å². The highest BCUT2D eigenvalue weighted by atomic mass is 35.5. The van der Waals surface area contributed by atoms with Crippen LogP contribution in [0.4, 0.5) is 5.69 Å². The molecule has 3 aromatic rings. The first-order chi connectivity index (χ1) is 15.8. The van der Waals surface area contributed by atoms with E-state index >= 15 is 0 Å². The minimum absolute atomic E-state index is 0.141. The van der Waals surface area contributed by atoms with Crippen molar-refractivity contribution in [2.24, 2.45) is 5.92 Å². The fourth-order valence-electron chi connectivity index (χ4n) is 4.93. The number of piperidine rings is 1. The zero-order valence-corrected chi connectivity index (χ0v) is 20.3. The fourth-order valence-corrected chi connectivity index (χ4v) is 7.12. The van der Waals surface area contributed by atoms with Crippen molar-refractivity contribution in [1.82, 2.24) is 4.31 Å². The molecule has 1 fully saturated rings. The quantitative estimate of drug-likeness (QED) is 0.505. The Labute approximate surface area is 203 Å². The van der Waals surface area contributed by atoms with Crippen LogP contribution in [0.5, 0.6) is 0 Å². The van der Waals surface area contributed by atoms with Crippen molar-refractivity contribution in [3.63, 3.8) is 0 Å². The molecule has 172 valence electrons. The van der Waals surface area contributed by atoms with E-state index in [-0.39, 0.29) is 18.2 Å². The van der Waals surface area contributed by atoms with Crippen LogP contribution in [0, 0.1) is 5.92 Å². The summed E-state index contributed by atoms with van der Waals surface area (Å²) in [7, 11) is -3.62. The summed E-state index contributed by atoms with van der Waals surface area (Å²) in [5.41, 5.74) is 3.92. The van der Waals surface area contributed by atoms with Crippen LogP contribution >= 0.6 is 23.2 Å². The molecule has 1 amide bonds. The maximum absolute atomic E-state index is 13.2. The van der Waals surface area contributed by atoms with Gasteiger partial charge in [-0.25, -0.2) is 12.7 Å². The van der Waals surface area contributed by atoms with Crippen LogP contribution in [0.3, 0.4) is 0 Å².